The van der Waals surface area contributed by atoms with Gasteiger partial charge in [0.2, 0.25) is 0 Å². The van der Waals surface area contributed by atoms with Crippen LogP contribution >= 0.6 is 24.2 Å². The molecule has 0 fully saturated rings. The second kappa shape index (κ2) is 8.36. The number of benzene rings is 1. The zero-order chi connectivity index (χ0) is 14.5. The van der Waals surface area contributed by atoms with Gasteiger partial charge in [-0.1, -0.05) is 5.16 Å². The van der Waals surface area contributed by atoms with Gasteiger partial charge in [0, 0.05) is 23.8 Å². The van der Waals surface area contributed by atoms with Crippen molar-refractivity contribution in [1.29, 1.82) is 0 Å². The Morgan fingerprint density at radius 2 is 2.19 bits per heavy atom. The SMILES string of the molecule is CNC(C)Cc1noc(-c2ccc(F)c(CSC)c2)n1.Cl. The maximum absolute atomic E-state index is 13.6. The number of rotatable bonds is 6. The molecule has 2 rings (SSSR count). The van der Waals surface area contributed by atoms with Crippen molar-refractivity contribution >= 4 is 24.2 Å². The number of aromatic nitrogens is 2. The highest BCUT2D eigenvalue weighted by Gasteiger charge is 2.13. The van der Waals surface area contributed by atoms with Crippen molar-refractivity contribution in [3.8, 4) is 11.5 Å². The largest absolute Gasteiger partial charge is 0.334 e. The number of likely N-dealkylation sites (N-methyl/N-ethyl adjacent to an activating group) is 1. The van der Waals surface area contributed by atoms with Crippen LogP contribution < -0.4 is 5.32 Å². The van der Waals surface area contributed by atoms with Crippen LogP contribution in [0, 0.1) is 5.82 Å². The Hall–Kier alpha value is -1.11. The van der Waals surface area contributed by atoms with E-state index in [9.17, 15) is 4.39 Å². The fourth-order valence-electron chi connectivity index (χ4n) is 1.80. The van der Waals surface area contributed by atoms with Crippen LogP contribution in [0.25, 0.3) is 11.5 Å². The summed E-state index contributed by atoms with van der Waals surface area (Å²) in [6.07, 6.45) is 2.63. The monoisotopic (exact) mass is 331 g/mol. The number of hydrogen-bond acceptors (Lipinski definition) is 5. The average Bonchev–Trinajstić information content (AvgIpc) is 2.90. The molecule has 7 heteroatoms. The minimum atomic E-state index is -0.202. The quantitative estimate of drug-likeness (QED) is 0.880. The molecule has 0 saturated heterocycles. The van der Waals surface area contributed by atoms with Crippen LogP contribution in [0.3, 0.4) is 0 Å². The number of thioether (sulfide) groups is 1. The molecule has 21 heavy (non-hydrogen) atoms. The summed E-state index contributed by atoms with van der Waals surface area (Å²) in [5, 5.41) is 7.08. The lowest BCUT2D eigenvalue weighted by Gasteiger charge is -2.04. The zero-order valence-corrected chi connectivity index (χ0v) is 13.9. The van der Waals surface area contributed by atoms with E-state index in [0.29, 0.717) is 29.5 Å². The van der Waals surface area contributed by atoms with E-state index in [-0.39, 0.29) is 24.3 Å². The van der Waals surface area contributed by atoms with Gasteiger partial charge in [-0.3, -0.25) is 0 Å². The van der Waals surface area contributed by atoms with Gasteiger partial charge in [-0.15, -0.1) is 12.4 Å². The first-order valence-electron chi connectivity index (χ1n) is 6.41. The second-order valence-electron chi connectivity index (χ2n) is 4.65. The van der Waals surface area contributed by atoms with Crippen LogP contribution in [0.4, 0.5) is 4.39 Å². The normalized spacial score (nSPS) is 12.0. The molecule has 1 unspecified atom stereocenters. The van der Waals surface area contributed by atoms with Crippen molar-refractivity contribution in [3.63, 3.8) is 0 Å². The molecule has 0 amide bonds. The van der Waals surface area contributed by atoms with Gasteiger partial charge in [-0.2, -0.15) is 16.7 Å². The summed E-state index contributed by atoms with van der Waals surface area (Å²) in [7, 11) is 1.89. The molecule has 0 spiro atoms. The van der Waals surface area contributed by atoms with E-state index >= 15 is 0 Å². The molecular weight excluding hydrogens is 313 g/mol. The summed E-state index contributed by atoms with van der Waals surface area (Å²) in [6, 6.07) is 5.16. The third kappa shape index (κ3) is 4.69. The molecule has 1 aromatic carbocycles. The average molecular weight is 332 g/mol. The van der Waals surface area contributed by atoms with E-state index in [1.54, 1.807) is 23.9 Å². The molecule has 0 aliphatic rings. The van der Waals surface area contributed by atoms with Gasteiger partial charge in [0.25, 0.3) is 5.89 Å². The molecule has 4 nitrogen and oxygen atoms in total. The van der Waals surface area contributed by atoms with Crippen LogP contribution in [-0.4, -0.2) is 29.5 Å². The molecular formula is C14H19ClFN3OS. The molecule has 0 aliphatic heterocycles. The predicted molar refractivity (Wildman–Crippen MR) is 86.4 cm³/mol. The molecule has 1 N–H and O–H groups in total. The van der Waals surface area contributed by atoms with Crippen LogP contribution in [0.15, 0.2) is 22.7 Å². The number of hydrogen-bond donors (Lipinski definition) is 1. The lowest BCUT2D eigenvalue weighted by molar-refractivity contribution is 0.418. The van der Waals surface area contributed by atoms with Gasteiger partial charge in [0.15, 0.2) is 5.82 Å². The van der Waals surface area contributed by atoms with Crippen molar-refractivity contribution in [1.82, 2.24) is 15.5 Å². The molecule has 116 valence electrons. The second-order valence-corrected chi connectivity index (χ2v) is 5.51. The summed E-state index contributed by atoms with van der Waals surface area (Å²) >= 11 is 1.57. The molecule has 0 bridgehead atoms. The molecule has 0 aliphatic carbocycles. The van der Waals surface area contributed by atoms with E-state index in [2.05, 4.69) is 15.5 Å². The first-order chi connectivity index (χ1) is 9.63. The minimum Gasteiger partial charge on any atom is -0.334 e. The standard InChI is InChI=1S/C14H18FN3OS.ClH/c1-9(16-2)6-13-17-14(19-18-13)10-4-5-12(15)11(7-10)8-20-3;/h4-5,7,9,16H,6,8H2,1-3H3;1H. The van der Waals surface area contributed by atoms with Gasteiger partial charge in [0.05, 0.1) is 0 Å². The zero-order valence-electron chi connectivity index (χ0n) is 12.2. The Morgan fingerprint density at radius 3 is 2.86 bits per heavy atom. The predicted octanol–water partition coefficient (Wildman–Crippen LogP) is 3.31. The van der Waals surface area contributed by atoms with E-state index in [1.165, 1.54) is 6.07 Å². The van der Waals surface area contributed by atoms with Crippen molar-refractivity contribution < 1.29 is 8.91 Å². The fourth-order valence-corrected chi connectivity index (χ4v) is 2.34. The first kappa shape index (κ1) is 17.9. The summed E-state index contributed by atoms with van der Waals surface area (Å²) in [6.45, 7) is 2.05. The Balaban J connectivity index is 0.00000220. The van der Waals surface area contributed by atoms with Crippen LogP contribution in [0.1, 0.15) is 18.3 Å². The van der Waals surface area contributed by atoms with Gasteiger partial charge in [-0.25, -0.2) is 4.39 Å². The Labute approximate surface area is 134 Å². The van der Waals surface area contributed by atoms with Crippen molar-refractivity contribution in [2.24, 2.45) is 0 Å². The number of nitrogens with one attached hydrogen (secondary N) is 1. The van der Waals surface area contributed by atoms with Crippen molar-refractivity contribution in [3.05, 3.63) is 35.4 Å². The van der Waals surface area contributed by atoms with E-state index < -0.39 is 0 Å². The highest BCUT2D eigenvalue weighted by molar-refractivity contribution is 7.97. The highest BCUT2D eigenvalue weighted by atomic mass is 35.5. The smallest absolute Gasteiger partial charge is 0.257 e. The van der Waals surface area contributed by atoms with Gasteiger partial charge >= 0.3 is 0 Å². The first-order valence-corrected chi connectivity index (χ1v) is 7.81. The van der Waals surface area contributed by atoms with E-state index in [0.717, 1.165) is 5.56 Å². The van der Waals surface area contributed by atoms with Crippen molar-refractivity contribution in [2.45, 2.75) is 25.1 Å². The molecule has 1 atom stereocenters. The minimum absolute atomic E-state index is 0. The lowest BCUT2D eigenvalue weighted by Crippen LogP contribution is -2.24. The summed E-state index contributed by atoms with van der Waals surface area (Å²) in [5.41, 5.74) is 1.41. The summed E-state index contributed by atoms with van der Waals surface area (Å²) < 4.78 is 18.9. The maximum atomic E-state index is 13.6. The van der Waals surface area contributed by atoms with Gasteiger partial charge < -0.3 is 9.84 Å². The molecule has 1 aromatic heterocycles. The maximum Gasteiger partial charge on any atom is 0.257 e. The van der Waals surface area contributed by atoms with Crippen LogP contribution in [0.2, 0.25) is 0 Å². The summed E-state index contributed by atoms with van der Waals surface area (Å²) in [4.78, 5) is 4.35. The van der Waals surface area contributed by atoms with Gasteiger partial charge in [-0.05, 0) is 44.0 Å². The Morgan fingerprint density at radius 1 is 1.43 bits per heavy atom. The highest BCUT2D eigenvalue weighted by Crippen LogP contribution is 2.23. The Bertz CT molecular complexity index is 579. The third-order valence-corrected chi connectivity index (χ3v) is 3.64. The molecule has 1 heterocycles. The van der Waals surface area contributed by atoms with Crippen LogP contribution in [0.5, 0.6) is 0 Å². The summed E-state index contributed by atoms with van der Waals surface area (Å²) in [5.74, 6) is 1.51. The van der Waals surface area contributed by atoms with Gasteiger partial charge in [0.1, 0.15) is 5.82 Å². The number of halogens is 2. The molecule has 2 aromatic rings. The topological polar surface area (TPSA) is 51.0 Å². The Kier molecular flexibility index (Phi) is 7.14. The fraction of sp³-hybridized carbons (Fsp3) is 0.429. The molecule has 0 radical (unpaired) electrons. The van der Waals surface area contributed by atoms with Crippen molar-refractivity contribution in [2.75, 3.05) is 13.3 Å². The molecule has 0 saturated carbocycles. The lowest BCUT2D eigenvalue weighted by atomic mass is 10.1. The number of nitrogens with zero attached hydrogens (tertiary/aromatic N) is 2. The van der Waals surface area contributed by atoms with Crippen LogP contribution in [-0.2, 0) is 12.2 Å². The van der Waals surface area contributed by atoms with E-state index in [4.69, 9.17) is 4.52 Å². The third-order valence-electron chi connectivity index (χ3n) is 3.04. The van der Waals surface area contributed by atoms with E-state index in [1.807, 2.05) is 20.2 Å².